The zero-order valence-electron chi connectivity index (χ0n) is 8.36. The van der Waals surface area contributed by atoms with Crippen LogP contribution in [0.1, 0.15) is 6.92 Å². The molecule has 0 aromatic carbocycles. The van der Waals surface area contributed by atoms with Crippen molar-refractivity contribution in [2.24, 2.45) is 5.14 Å². The highest BCUT2D eigenvalue weighted by Crippen LogP contribution is 2.22. The molecule has 0 unspecified atom stereocenters. The summed E-state index contributed by atoms with van der Waals surface area (Å²) >= 11 is 1.36. The molecule has 16 heavy (non-hydrogen) atoms. The molecule has 0 amide bonds. The number of primary sulfonamides is 1. The summed E-state index contributed by atoms with van der Waals surface area (Å²) in [6, 6.07) is 0. The second-order valence-corrected chi connectivity index (χ2v) is 5.30. The molecule has 0 bridgehead atoms. The molecule has 0 radical (unpaired) electrons. The summed E-state index contributed by atoms with van der Waals surface area (Å²) in [6.45, 7) is 2.22. The molecule has 2 aromatic rings. The zero-order chi connectivity index (χ0) is 11.8. The van der Waals surface area contributed by atoms with Gasteiger partial charge in [0.25, 0.3) is 15.2 Å². The lowest BCUT2D eigenvalue weighted by Crippen LogP contribution is -2.18. The van der Waals surface area contributed by atoms with Gasteiger partial charge in [-0.1, -0.05) is 0 Å². The molecule has 2 N–H and O–H groups in total. The van der Waals surface area contributed by atoms with Gasteiger partial charge in [0.2, 0.25) is 0 Å². The fraction of sp³-hybridized carbons (Fsp3) is 0.286. The van der Waals surface area contributed by atoms with Gasteiger partial charge >= 0.3 is 0 Å². The Morgan fingerprint density at radius 1 is 1.50 bits per heavy atom. The van der Waals surface area contributed by atoms with Crippen molar-refractivity contribution in [2.75, 3.05) is 0 Å². The van der Waals surface area contributed by atoms with Crippen LogP contribution in [0.3, 0.4) is 0 Å². The quantitative estimate of drug-likeness (QED) is 0.840. The van der Waals surface area contributed by atoms with Gasteiger partial charge in [0.05, 0.1) is 10.4 Å². The van der Waals surface area contributed by atoms with Crippen LogP contribution in [0.2, 0.25) is 0 Å². The predicted molar refractivity (Wildman–Crippen MR) is 58.2 cm³/mol. The van der Waals surface area contributed by atoms with Crippen molar-refractivity contribution in [3.05, 3.63) is 11.7 Å². The Kier molecular flexibility index (Phi) is 2.74. The van der Waals surface area contributed by atoms with Gasteiger partial charge in [-0.15, -0.1) is 21.5 Å². The first kappa shape index (κ1) is 11.2. The van der Waals surface area contributed by atoms with E-state index < -0.39 is 10.0 Å². The maximum absolute atomic E-state index is 11.2. The van der Waals surface area contributed by atoms with E-state index in [2.05, 4.69) is 15.2 Å². The molecule has 0 aliphatic heterocycles. The second-order valence-electron chi connectivity index (χ2n) is 2.96. The molecule has 0 fully saturated rings. The van der Waals surface area contributed by atoms with Crippen molar-refractivity contribution < 1.29 is 8.42 Å². The Morgan fingerprint density at radius 3 is 2.75 bits per heavy atom. The fourth-order valence-corrected chi connectivity index (χ4v) is 2.58. The third-order valence-electron chi connectivity index (χ3n) is 1.94. The lowest BCUT2D eigenvalue weighted by atomic mass is 10.5. The van der Waals surface area contributed by atoms with Crippen LogP contribution in [-0.2, 0) is 16.6 Å². The second kappa shape index (κ2) is 3.92. The average Bonchev–Trinajstić information content (AvgIpc) is 2.84. The molecule has 9 heteroatoms. The molecular weight excluding hydrogens is 250 g/mol. The van der Waals surface area contributed by atoms with E-state index in [1.54, 1.807) is 18.6 Å². The fourth-order valence-electron chi connectivity index (χ4n) is 1.29. The maximum atomic E-state index is 11.2. The van der Waals surface area contributed by atoms with E-state index in [9.17, 15) is 8.42 Å². The van der Waals surface area contributed by atoms with Gasteiger partial charge in [0, 0.05) is 12.7 Å². The van der Waals surface area contributed by atoms with Crippen LogP contribution in [0, 0.1) is 0 Å². The summed E-state index contributed by atoms with van der Waals surface area (Å²) in [5, 5.41) is 12.2. The van der Waals surface area contributed by atoms with Crippen LogP contribution in [0.4, 0.5) is 0 Å². The number of aromatic nitrogens is 4. The summed E-state index contributed by atoms with van der Waals surface area (Å²) in [4.78, 5) is 4.66. The van der Waals surface area contributed by atoms with Gasteiger partial charge in [-0.05, 0) is 6.92 Å². The number of hydrogen-bond acceptors (Lipinski definition) is 6. The van der Waals surface area contributed by atoms with Gasteiger partial charge in [0.1, 0.15) is 0 Å². The van der Waals surface area contributed by atoms with Gasteiger partial charge in [0.15, 0.2) is 5.82 Å². The van der Waals surface area contributed by atoms with E-state index in [0.29, 0.717) is 12.4 Å². The van der Waals surface area contributed by atoms with Crippen LogP contribution in [0.25, 0.3) is 10.7 Å². The first-order valence-electron chi connectivity index (χ1n) is 4.39. The number of nitrogens with zero attached hydrogens (tertiary/aromatic N) is 4. The van der Waals surface area contributed by atoms with Gasteiger partial charge in [-0.2, -0.15) is 0 Å². The molecule has 2 heterocycles. The van der Waals surface area contributed by atoms with Gasteiger partial charge in [-0.25, -0.2) is 13.6 Å². The van der Waals surface area contributed by atoms with Crippen LogP contribution in [0.5, 0.6) is 0 Å². The highest BCUT2D eigenvalue weighted by atomic mass is 32.2. The summed E-state index contributed by atoms with van der Waals surface area (Å²) in [5.74, 6) is 0.467. The smallest absolute Gasteiger partial charge is 0.273 e. The summed E-state index contributed by atoms with van der Waals surface area (Å²) in [5.41, 5.74) is 1.64. The molecule has 0 atom stereocenters. The van der Waals surface area contributed by atoms with Crippen LogP contribution in [-0.4, -0.2) is 28.2 Å². The minimum atomic E-state index is -3.84. The van der Waals surface area contributed by atoms with Crippen molar-refractivity contribution in [1.29, 1.82) is 0 Å². The first-order chi connectivity index (χ1) is 7.54. The molecule has 0 saturated carbocycles. The van der Waals surface area contributed by atoms with Crippen molar-refractivity contribution in [3.8, 4) is 10.7 Å². The van der Waals surface area contributed by atoms with E-state index in [4.69, 9.17) is 5.14 Å². The Balaban J connectivity index is 2.63. The van der Waals surface area contributed by atoms with E-state index in [1.165, 1.54) is 15.9 Å². The Morgan fingerprint density at radius 2 is 2.25 bits per heavy atom. The molecule has 86 valence electrons. The standard InChI is InChI=1S/C7H9N5O2S2/c1-2-12-6(5-3-9-4-15-5)10-11-7(12)16(8,13)14/h3-4H,2H2,1H3,(H2,8,13,14). The molecule has 0 aliphatic rings. The molecule has 7 nitrogen and oxygen atoms in total. The molecule has 0 spiro atoms. The average molecular weight is 259 g/mol. The molecule has 0 aliphatic carbocycles. The third-order valence-corrected chi connectivity index (χ3v) is 3.52. The normalized spacial score (nSPS) is 11.9. The van der Waals surface area contributed by atoms with E-state index in [0.717, 1.165) is 4.88 Å². The van der Waals surface area contributed by atoms with Crippen LogP contribution in [0.15, 0.2) is 16.9 Å². The van der Waals surface area contributed by atoms with Gasteiger partial charge in [-0.3, -0.25) is 9.55 Å². The highest BCUT2D eigenvalue weighted by molar-refractivity contribution is 7.89. The SMILES string of the molecule is CCn1c(-c2cncs2)nnc1S(N)(=O)=O. The maximum Gasteiger partial charge on any atom is 0.273 e. The summed E-state index contributed by atoms with van der Waals surface area (Å²) < 4.78 is 23.9. The zero-order valence-corrected chi connectivity index (χ0v) is 9.99. The Labute approximate surface area is 96.0 Å². The number of rotatable bonds is 3. The minimum Gasteiger partial charge on any atom is -0.296 e. The van der Waals surface area contributed by atoms with Crippen molar-refractivity contribution in [1.82, 2.24) is 19.7 Å². The topological polar surface area (TPSA) is 104 Å². The van der Waals surface area contributed by atoms with Crippen LogP contribution < -0.4 is 5.14 Å². The summed E-state index contributed by atoms with van der Waals surface area (Å²) in [7, 11) is -3.84. The summed E-state index contributed by atoms with van der Waals surface area (Å²) in [6.07, 6.45) is 1.60. The molecule has 0 saturated heterocycles. The highest BCUT2D eigenvalue weighted by Gasteiger charge is 2.21. The number of nitrogens with two attached hydrogens (primary N) is 1. The van der Waals surface area contributed by atoms with Crippen molar-refractivity contribution in [2.45, 2.75) is 18.6 Å². The number of sulfonamides is 1. The van der Waals surface area contributed by atoms with E-state index >= 15 is 0 Å². The van der Waals surface area contributed by atoms with E-state index in [-0.39, 0.29) is 5.16 Å². The largest absolute Gasteiger partial charge is 0.296 e. The monoisotopic (exact) mass is 259 g/mol. The lowest BCUT2D eigenvalue weighted by molar-refractivity contribution is 0.571. The van der Waals surface area contributed by atoms with Crippen molar-refractivity contribution in [3.63, 3.8) is 0 Å². The molecule has 2 rings (SSSR count). The van der Waals surface area contributed by atoms with Crippen molar-refractivity contribution >= 4 is 21.4 Å². The van der Waals surface area contributed by atoms with Gasteiger partial charge < -0.3 is 0 Å². The Bertz CT molecular complexity index is 586. The number of thiazole rings is 1. The first-order valence-corrected chi connectivity index (χ1v) is 6.81. The predicted octanol–water partition coefficient (Wildman–Crippen LogP) is 0.0689. The molecular formula is C7H9N5O2S2. The minimum absolute atomic E-state index is 0.224. The molecule has 2 aromatic heterocycles. The Hall–Kier alpha value is -1.32. The van der Waals surface area contributed by atoms with Crippen LogP contribution >= 0.6 is 11.3 Å². The number of hydrogen-bond donors (Lipinski definition) is 1. The third kappa shape index (κ3) is 1.84. The van der Waals surface area contributed by atoms with E-state index in [1.807, 2.05) is 0 Å². The lowest BCUT2D eigenvalue weighted by Gasteiger charge is -2.03.